The van der Waals surface area contributed by atoms with Crippen molar-refractivity contribution in [2.75, 3.05) is 23.7 Å². The zero-order chi connectivity index (χ0) is 20.9. The molecule has 0 spiro atoms. The van der Waals surface area contributed by atoms with Gasteiger partial charge in [-0.1, -0.05) is 29.8 Å². The molecule has 6 nitrogen and oxygen atoms in total. The third-order valence-electron chi connectivity index (χ3n) is 4.38. The van der Waals surface area contributed by atoms with Crippen molar-refractivity contribution in [1.29, 1.82) is 0 Å². The number of aryl methyl sites for hydroxylation is 2. The Labute approximate surface area is 167 Å². The number of hydrogen-bond acceptors (Lipinski definition) is 4. The van der Waals surface area contributed by atoms with Gasteiger partial charge in [-0.2, -0.15) is 0 Å². The van der Waals surface area contributed by atoms with Crippen LogP contribution in [0.4, 0.5) is 5.69 Å². The molecule has 2 aromatic carbocycles. The Hall–Kier alpha value is -2.54. The average Bonchev–Trinajstić information content (AvgIpc) is 2.60. The largest absolute Gasteiger partial charge is 0.494 e. The van der Waals surface area contributed by atoms with Gasteiger partial charge in [0.05, 0.1) is 24.6 Å². The fraction of sp³-hybridized carbons (Fsp3) is 0.381. The van der Waals surface area contributed by atoms with Gasteiger partial charge in [-0.05, 0) is 57.0 Å². The molecule has 0 aliphatic heterocycles. The highest BCUT2D eigenvalue weighted by molar-refractivity contribution is 7.92. The van der Waals surface area contributed by atoms with Gasteiger partial charge in [-0.3, -0.25) is 9.10 Å². The number of carbonyl (C=O) groups is 1. The number of rotatable bonds is 8. The summed E-state index contributed by atoms with van der Waals surface area (Å²) in [5.41, 5.74) is 3.26. The standard InChI is InChI=1S/C21H28N2O4S/c1-6-27-19-10-8-18(9-11-19)17(4)22-21(24)14-23(28(5,25)26)20-12-7-15(2)13-16(20)3/h7-13,17H,6,14H2,1-5H3,(H,22,24)/t17-/m0/s1. The third-order valence-corrected chi connectivity index (χ3v) is 5.50. The number of nitrogens with zero attached hydrogens (tertiary/aromatic N) is 1. The number of amides is 1. The molecule has 0 bridgehead atoms. The van der Waals surface area contributed by atoms with Crippen LogP contribution in [0.3, 0.4) is 0 Å². The van der Waals surface area contributed by atoms with Gasteiger partial charge >= 0.3 is 0 Å². The van der Waals surface area contributed by atoms with Crippen LogP contribution < -0.4 is 14.4 Å². The van der Waals surface area contributed by atoms with Crippen molar-refractivity contribution in [3.8, 4) is 5.75 Å². The number of sulfonamides is 1. The lowest BCUT2D eigenvalue weighted by Crippen LogP contribution is -2.41. The molecule has 0 saturated heterocycles. The molecule has 28 heavy (non-hydrogen) atoms. The summed E-state index contributed by atoms with van der Waals surface area (Å²) in [6, 6.07) is 12.7. The Kier molecular flexibility index (Phi) is 7.07. The summed E-state index contributed by atoms with van der Waals surface area (Å²) in [5.74, 6) is 0.398. The predicted octanol–water partition coefficient (Wildman–Crippen LogP) is 3.35. The van der Waals surface area contributed by atoms with Gasteiger partial charge in [0.1, 0.15) is 12.3 Å². The zero-order valence-electron chi connectivity index (χ0n) is 17.0. The lowest BCUT2D eigenvalue weighted by atomic mass is 10.1. The minimum absolute atomic E-state index is 0.260. The SMILES string of the molecule is CCOc1ccc([C@H](C)NC(=O)CN(c2ccc(C)cc2C)S(C)(=O)=O)cc1. The highest BCUT2D eigenvalue weighted by Crippen LogP contribution is 2.24. The summed E-state index contributed by atoms with van der Waals surface area (Å²) in [5, 5.41) is 2.86. The van der Waals surface area contributed by atoms with Crippen LogP contribution in [-0.2, 0) is 14.8 Å². The summed E-state index contributed by atoms with van der Waals surface area (Å²) in [7, 11) is -3.60. The number of ether oxygens (including phenoxy) is 1. The van der Waals surface area contributed by atoms with Crippen LogP contribution in [-0.4, -0.2) is 33.7 Å². The molecule has 7 heteroatoms. The maximum absolute atomic E-state index is 12.6. The molecule has 0 aliphatic carbocycles. The zero-order valence-corrected chi connectivity index (χ0v) is 17.8. The van der Waals surface area contributed by atoms with E-state index >= 15 is 0 Å². The second-order valence-corrected chi connectivity index (χ2v) is 8.76. The van der Waals surface area contributed by atoms with Crippen LogP contribution in [0.5, 0.6) is 5.75 Å². The Morgan fingerprint density at radius 3 is 2.32 bits per heavy atom. The topological polar surface area (TPSA) is 75.7 Å². The number of carbonyl (C=O) groups excluding carboxylic acids is 1. The molecule has 0 radical (unpaired) electrons. The normalized spacial score (nSPS) is 12.3. The average molecular weight is 405 g/mol. The van der Waals surface area contributed by atoms with Crippen LogP contribution in [0.1, 0.15) is 36.6 Å². The van der Waals surface area contributed by atoms with Crippen LogP contribution in [0, 0.1) is 13.8 Å². The van der Waals surface area contributed by atoms with Crippen molar-refractivity contribution in [3.63, 3.8) is 0 Å². The number of anilines is 1. The Balaban J connectivity index is 2.13. The van der Waals surface area contributed by atoms with Gasteiger partial charge in [0.2, 0.25) is 15.9 Å². The van der Waals surface area contributed by atoms with Crippen LogP contribution in [0.2, 0.25) is 0 Å². The van der Waals surface area contributed by atoms with E-state index in [1.807, 2.05) is 64.1 Å². The molecule has 0 aliphatic rings. The number of hydrogen-bond donors (Lipinski definition) is 1. The Morgan fingerprint density at radius 1 is 1.14 bits per heavy atom. The molecule has 1 atom stereocenters. The van der Waals surface area contributed by atoms with Gasteiger partial charge in [-0.15, -0.1) is 0 Å². The smallest absolute Gasteiger partial charge is 0.241 e. The molecule has 0 saturated carbocycles. The van der Waals surface area contributed by atoms with E-state index in [0.717, 1.165) is 33.0 Å². The summed E-state index contributed by atoms with van der Waals surface area (Å²) < 4.78 is 31.1. The van der Waals surface area contributed by atoms with E-state index in [9.17, 15) is 13.2 Å². The molecule has 1 amide bonds. The highest BCUT2D eigenvalue weighted by atomic mass is 32.2. The van der Waals surface area contributed by atoms with Crippen molar-refractivity contribution in [1.82, 2.24) is 5.32 Å². The minimum Gasteiger partial charge on any atom is -0.494 e. The molecule has 0 aromatic heterocycles. The second kappa shape index (κ2) is 9.10. The fourth-order valence-corrected chi connectivity index (χ4v) is 3.90. The first-order chi connectivity index (χ1) is 13.1. The molecule has 2 aromatic rings. The summed E-state index contributed by atoms with van der Waals surface area (Å²) in [6.07, 6.45) is 1.11. The summed E-state index contributed by atoms with van der Waals surface area (Å²) >= 11 is 0. The quantitative estimate of drug-likeness (QED) is 0.732. The first kappa shape index (κ1) is 21.8. The molecule has 0 unspecified atom stereocenters. The van der Waals surface area contributed by atoms with E-state index in [1.54, 1.807) is 6.07 Å². The Morgan fingerprint density at radius 2 is 1.79 bits per heavy atom. The second-order valence-electron chi connectivity index (χ2n) is 6.85. The van der Waals surface area contributed by atoms with Crippen molar-refractivity contribution in [2.24, 2.45) is 0 Å². The number of nitrogens with one attached hydrogen (secondary N) is 1. The molecule has 2 rings (SSSR count). The lowest BCUT2D eigenvalue weighted by molar-refractivity contribution is -0.120. The van der Waals surface area contributed by atoms with E-state index < -0.39 is 10.0 Å². The van der Waals surface area contributed by atoms with E-state index in [2.05, 4.69) is 5.32 Å². The monoisotopic (exact) mass is 404 g/mol. The van der Waals surface area contributed by atoms with Crippen molar-refractivity contribution in [3.05, 3.63) is 59.2 Å². The van der Waals surface area contributed by atoms with Crippen LogP contribution in [0.15, 0.2) is 42.5 Å². The third kappa shape index (κ3) is 5.73. The highest BCUT2D eigenvalue weighted by Gasteiger charge is 2.23. The van der Waals surface area contributed by atoms with Crippen molar-refractivity contribution in [2.45, 2.75) is 33.7 Å². The van der Waals surface area contributed by atoms with Gasteiger partial charge in [0.25, 0.3) is 0 Å². The van der Waals surface area contributed by atoms with E-state index in [4.69, 9.17) is 4.74 Å². The van der Waals surface area contributed by atoms with E-state index in [-0.39, 0.29) is 18.5 Å². The van der Waals surface area contributed by atoms with E-state index in [0.29, 0.717) is 12.3 Å². The lowest BCUT2D eigenvalue weighted by Gasteiger charge is -2.25. The Bertz CT molecular complexity index is 924. The molecule has 152 valence electrons. The van der Waals surface area contributed by atoms with Crippen LogP contribution in [0.25, 0.3) is 0 Å². The summed E-state index contributed by atoms with van der Waals surface area (Å²) in [4.78, 5) is 12.6. The van der Waals surface area contributed by atoms with Gasteiger partial charge in [-0.25, -0.2) is 8.42 Å². The number of benzene rings is 2. The molecule has 0 heterocycles. The first-order valence-electron chi connectivity index (χ1n) is 9.19. The molecule has 0 fully saturated rings. The molecular weight excluding hydrogens is 376 g/mol. The maximum atomic E-state index is 12.6. The van der Waals surface area contributed by atoms with Crippen molar-refractivity contribution >= 4 is 21.6 Å². The minimum atomic E-state index is -3.60. The van der Waals surface area contributed by atoms with Crippen molar-refractivity contribution < 1.29 is 17.9 Å². The molecule has 1 N–H and O–H groups in total. The first-order valence-corrected chi connectivity index (χ1v) is 11.0. The van der Waals surface area contributed by atoms with Gasteiger partial charge in [0, 0.05) is 0 Å². The van der Waals surface area contributed by atoms with Gasteiger partial charge in [0.15, 0.2) is 0 Å². The van der Waals surface area contributed by atoms with Gasteiger partial charge < -0.3 is 10.1 Å². The molecular formula is C21H28N2O4S. The fourth-order valence-electron chi connectivity index (χ4n) is 2.99. The summed E-state index contributed by atoms with van der Waals surface area (Å²) in [6.45, 7) is 7.86. The predicted molar refractivity (Wildman–Crippen MR) is 112 cm³/mol. The maximum Gasteiger partial charge on any atom is 0.241 e. The van der Waals surface area contributed by atoms with Crippen LogP contribution >= 0.6 is 0 Å². The van der Waals surface area contributed by atoms with E-state index in [1.165, 1.54) is 0 Å².